The van der Waals surface area contributed by atoms with Crippen molar-refractivity contribution >= 4 is 23.2 Å². The fourth-order valence-corrected chi connectivity index (χ4v) is 2.37. The Hall–Kier alpha value is -1.02. The molecule has 17 heavy (non-hydrogen) atoms. The van der Waals surface area contributed by atoms with Gasteiger partial charge < -0.3 is 5.73 Å². The van der Waals surface area contributed by atoms with Gasteiger partial charge in [-0.3, -0.25) is 0 Å². The maximum Gasteiger partial charge on any atom is 0.0471 e. The van der Waals surface area contributed by atoms with Gasteiger partial charge in [0.2, 0.25) is 0 Å². The minimum Gasteiger partial charge on any atom is -0.326 e. The van der Waals surface area contributed by atoms with Crippen molar-refractivity contribution in [3.05, 3.63) is 57.6 Å². The van der Waals surface area contributed by atoms with Crippen molar-refractivity contribution in [1.82, 2.24) is 0 Å². The van der Waals surface area contributed by atoms with Gasteiger partial charge in [-0.05, 0) is 35.7 Å². The predicted molar refractivity (Wildman–Crippen MR) is 74.5 cm³/mol. The first kappa shape index (κ1) is 12.4. The van der Waals surface area contributed by atoms with Crippen LogP contribution >= 0.6 is 23.2 Å². The first-order chi connectivity index (χ1) is 8.11. The van der Waals surface area contributed by atoms with Gasteiger partial charge in [-0.2, -0.15) is 0 Å². The monoisotopic (exact) mass is 265 g/mol. The largest absolute Gasteiger partial charge is 0.326 e. The van der Waals surface area contributed by atoms with E-state index in [4.69, 9.17) is 28.9 Å². The molecule has 0 bridgehead atoms. The molecule has 0 aromatic heterocycles. The Kier molecular flexibility index (Phi) is 3.72. The maximum absolute atomic E-state index is 6.15. The van der Waals surface area contributed by atoms with E-state index in [-0.39, 0.29) is 0 Å². The van der Waals surface area contributed by atoms with E-state index in [2.05, 4.69) is 31.2 Å². The van der Waals surface area contributed by atoms with Gasteiger partial charge >= 0.3 is 0 Å². The van der Waals surface area contributed by atoms with Gasteiger partial charge in [0.1, 0.15) is 0 Å². The zero-order chi connectivity index (χ0) is 12.4. The molecule has 0 fully saturated rings. The lowest BCUT2D eigenvalue weighted by Crippen LogP contribution is -2.00. The number of nitrogens with two attached hydrogens (primary N) is 1. The van der Waals surface area contributed by atoms with E-state index in [1.165, 1.54) is 5.56 Å². The number of rotatable bonds is 2. The van der Waals surface area contributed by atoms with Gasteiger partial charge in [-0.25, -0.2) is 0 Å². The zero-order valence-corrected chi connectivity index (χ0v) is 11.0. The Labute approximate surface area is 111 Å². The zero-order valence-electron chi connectivity index (χ0n) is 9.50. The molecule has 2 rings (SSSR count). The molecule has 3 heteroatoms. The molecule has 0 aliphatic carbocycles. The lowest BCUT2D eigenvalue weighted by molar-refractivity contribution is 1.07. The molecule has 2 aromatic carbocycles. The molecule has 0 aliphatic rings. The first-order valence-electron chi connectivity index (χ1n) is 5.37. The van der Waals surface area contributed by atoms with Crippen LogP contribution in [-0.4, -0.2) is 0 Å². The Balaban J connectivity index is 2.61. The summed E-state index contributed by atoms with van der Waals surface area (Å²) in [6.45, 7) is 2.46. The summed E-state index contributed by atoms with van der Waals surface area (Å²) in [7, 11) is 0. The second-order valence-corrected chi connectivity index (χ2v) is 4.83. The van der Waals surface area contributed by atoms with E-state index in [0.29, 0.717) is 16.6 Å². The van der Waals surface area contributed by atoms with Gasteiger partial charge in [-0.15, -0.1) is 0 Å². The summed E-state index contributed by atoms with van der Waals surface area (Å²) < 4.78 is 0. The fraction of sp³-hybridized carbons (Fsp3) is 0.143. The Morgan fingerprint density at radius 1 is 1.06 bits per heavy atom. The van der Waals surface area contributed by atoms with Crippen molar-refractivity contribution in [2.45, 2.75) is 13.5 Å². The van der Waals surface area contributed by atoms with Crippen LogP contribution in [0.1, 0.15) is 11.1 Å². The van der Waals surface area contributed by atoms with Crippen molar-refractivity contribution in [2.75, 3.05) is 0 Å². The number of hydrogen-bond donors (Lipinski definition) is 1. The van der Waals surface area contributed by atoms with Crippen LogP contribution in [0.25, 0.3) is 11.1 Å². The van der Waals surface area contributed by atoms with Crippen LogP contribution in [0.5, 0.6) is 0 Å². The molecule has 88 valence electrons. The normalized spacial score (nSPS) is 10.6. The molecule has 0 spiro atoms. The summed E-state index contributed by atoms with van der Waals surface area (Å²) in [5.41, 5.74) is 9.98. The lowest BCUT2D eigenvalue weighted by atomic mass is 9.99. The van der Waals surface area contributed by atoms with Gasteiger partial charge in [-0.1, -0.05) is 53.0 Å². The highest BCUT2D eigenvalue weighted by Gasteiger charge is 2.09. The van der Waals surface area contributed by atoms with Crippen molar-refractivity contribution < 1.29 is 0 Å². The molecule has 0 radical (unpaired) electrons. The van der Waals surface area contributed by atoms with Gasteiger partial charge in [0.15, 0.2) is 0 Å². The van der Waals surface area contributed by atoms with Crippen LogP contribution in [0.2, 0.25) is 10.0 Å². The van der Waals surface area contributed by atoms with E-state index in [0.717, 1.165) is 16.7 Å². The average Bonchev–Trinajstić information content (AvgIpc) is 2.29. The molecule has 0 atom stereocenters. The topological polar surface area (TPSA) is 26.0 Å². The molecule has 0 heterocycles. The van der Waals surface area contributed by atoms with Crippen LogP contribution in [0, 0.1) is 6.92 Å². The molecule has 0 unspecified atom stereocenters. The highest BCUT2D eigenvalue weighted by molar-refractivity contribution is 6.35. The predicted octanol–water partition coefficient (Wildman–Crippen LogP) is 4.43. The smallest absolute Gasteiger partial charge is 0.0471 e. The van der Waals surface area contributed by atoms with Crippen molar-refractivity contribution in [1.29, 1.82) is 0 Å². The van der Waals surface area contributed by atoms with Gasteiger partial charge in [0.25, 0.3) is 0 Å². The standard InChI is InChI=1S/C14H13Cl2N/c1-9-2-4-10(5-3-9)12-6-11(15)7-14(16)13(12)8-17/h2-7H,8,17H2,1H3. The molecule has 2 aromatic rings. The first-order valence-corrected chi connectivity index (χ1v) is 6.12. The highest BCUT2D eigenvalue weighted by atomic mass is 35.5. The quantitative estimate of drug-likeness (QED) is 0.855. The van der Waals surface area contributed by atoms with Crippen LogP contribution in [-0.2, 0) is 6.54 Å². The number of hydrogen-bond acceptors (Lipinski definition) is 1. The van der Waals surface area contributed by atoms with E-state index in [9.17, 15) is 0 Å². The third kappa shape index (κ3) is 2.63. The Morgan fingerprint density at radius 3 is 2.29 bits per heavy atom. The molecular formula is C14H13Cl2N. The minimum atomic E-state index is 0.402. The Morgan fingerprint density at radius 2 is 1.71 bits per heavy atom. The van der Waals surface area contributed by atoms with Crippen molar-refractivity contribution in [2.24, 2.45) is 5.73 Å². The molecule has 1 nitrogen and oxygen atoms in total. The number of halogens is 2. The summed E-state index contributed by atoms with van der Waals surface area (Å²) in [5.74, 6) is 0. The van der Waals surface area contributed by atoms with Crippen molar-refractivity contribution in [3.63, 3.8) is 0 Å². The van der Waals surface area contributed by atoms with Crippen molar-refractivity contribution in [3.8, 4) is 11.1 Å². The third-order valence-corrected chi connectivity index (χ3v) is 3.28. The summed E-state index contributed by atoms with van der Waals surface area (Å²) >= 11 is 12.2. The summed E-state index contributed by atoms with van der Waals surface area (Å²) in [5, 5.41) is 1.25. The molecule has 0 amide bonds. The van der Waals surface area contributed by atoms with Crippen LogP contribution in [0.4, 0.5) is 0 Å². The second kappa shape index (κ2) is 5.09. The number of benzene rings is 2. The summed E-state index contributed by atoms with van der Waals surface area (Å²) in [6, 6.07) is 11.9. The van der Waals surface area contributed by atoms with Crippen LogP contribution in [0.3, 0.4) is 0 Å². The Bertz CT molecular complexity index is 533. The van der Waals surface area contributed by atoms with Crippen LogP contribution in [0.15, 0.2) is 36.4 Å². The molecule has 0 aliphatic heterocycles. The third-order valence-electron chi connectivity index (χ3n) is 2.73. The lowest BCUT2D eigenvalue weighted by Gasteiger charge is -2.11. The van der Waals surface area contributed by atoms with Gasteiger partial charge in [0, 0.05) is 16.6 Å². The minimum absolute atomic E-state index is 0.402. The highest BCUT2D eigenvalue weighted by Crippen LogP contribution is 2.32. The SMILES string of the molecule is Cc1ccc(-c2cc(Cl)cc(Cl)c2CN)cc1. The maximum atomic E-state index is 6.15. The number of aryl methyl sites for hydroxylation is 1. The van der Waals surface area contributed by atoms with Gasteiger partial charge in [0.05, 0.1) is 0 Å². The van der Waals surface area contributed by atoms with E-state index in [1.807, 2.05) is 6.07 Å². The molecule has 0 saturated heterocycles. The van der Waals surface area contributed by atoms with Crippen LogP contribution < -0.4 is 5.73 Å². The molecule has 2 N–H and O–H groups in total. The van der Waals surface area contributed by atoms with E-state index >= 15 is 0 Å². The van der Waals surface area contributed by atoms with E-state index < -0.39 is 0 Å². The summed E-state index contributed by atoms with van der Waals surface area (Å²) in [6.07, 6.45) is 0. The van der Waals surface area contributed by atoms with E-state index in [1.54, 1.807) is 6.07 Å². The second-order valence-electron chi connectivity index (χ2n) is 3.98. The molecule has 0 saturated carbocycles. The average molecular weight is 266 g/mol. The summed E-state index contributed by atoms with van der Waals surface area (Å²) in [4.78, 5) is 0. The molecular weight excluding hydrogens is 253 g/mol. The fourth-order valence-electron chi connectivity index (χ4n) is 1.80.